The second-order valence-corrected chi connectivity index (χ2v) is 5.34. The van der Waals surface area contributed by atoms with Crippen molar-refractivity contribution >= 4 is 6.03 Å². The smallest absolute Gasteiger partial charge is 0.317 e. The first kappa shape index (κ1) is 16.8. The molecule has 1 heterocycles. The Morgan fingerprint density at radius 3 is 2.70 bits per heavy atom. The molecule has 0 radical (unpaired) electrons. The van der Waals surface area contributed by atoms with Crippen LogP contribution < -0.4 is 10.1 Å². The molecule has 0 atom stereocenters. The maximum atomic E-state index is 12.3. The first-order valence-electron chi connectivity index (χ1n) is 7.72. The van der Waals surface area contributed by atoms with Crippen molar-refractivity contribution < 1.29 is 9.53 Å². The Bertz CT molecular complexity index is 658. The largest absolute Gasteiger partial charge is 0.478 e. The minimum absolute atomic E-state index is 0.125. The van der Waals surface area contributed by atoms with Crippen molar-refractivity contribution in [2.24, 2.45) is 0 Å². The van der Waals surface area contributed by atoms with Gasteiger partial charge in [-0.05, 0) is 31.0 Å². The highest BCUT2D eigenvalue weighted by molar-refractivity contribution is 5.74. The standard InChI is InChI=1S/C18H23N3O2/c1-4-23-17-15(10-7-11-19-17)12-20-18(22)21(3)13-16-9-6-5-8-14(16)2/h5-11H,4,12-13H2,1-3H3,(H,20,22). The molecule has 2 amide bonds. The number of urea groups is 1. The first-order chi connectivity index (χ1) is 11.1. The summed E-state index contributed by atoms with van der Waals surface area (Å²) in [5, 5.41) is 2.90. The molecule has 5 nitrogen and oxygen atoms in total. The highest BCUT2D eigenvalue weighted by Crippen LogP contribution is 2.14. The Hall–Kier alpha value is -2.56. The van der Waals surface area contributed by atoms with Crippen molar-refractivity contribution in [2.45, 2.75) is 26.9 Å². The highest BCUT2D eigenvalue weighted by Gasteiger charge is 2.11. The van der Waals surface area contributed by atoms with Gasteiger partial charge in [0, 0.05) is 31.9 Å². The summed E-state index contributed by atoms with van der Waals surface area (Å²) in [6.07, 6.45) is 1.68. The van der Waals surface area contributed by atoms with Crippen LogP contribution in [0.15, 0.2) is 42.6 Å². The molecule has 0 fully saturated rings. The van der Waals surface area contributed by atoms with Crippen LogP contribution >= 0.6 is 0 Å². The summed E-state index contributed by atoms with van der Waals surface area (Å²) in [6.45, 7) is 5.47. The molecule has 5 heteroatoms. The van der Waals surface area contributed by atoms with Crippen molar-refractivity contribution in [1.82, 2.24) is 15.2 Å². The van der Waals surface area contributed by atoms with E-state index < -0.39 is 0 Å². The number of pyridine rings is 1. The Labute approximate surface area is 137 Å². The van der Waals surface area contributed by atoms with Crippen LogP contribution in [0.4, 0.5) is 4.79 Å². The molecule has 0 spiro atoms. The molecule has 1 aromatic carbocycles. The third-order valence-electron chi connectivity index (χ3n) is 3.58. The second-order valence-electron chi connectivity index (χ2n) is 5.34. The van der Waals surface area contributed by atoms with Crippen LogP contribution in [-0.2, 0) is 13.1 Å². The number of nitrogens with zero attached hydrogens (tertiary/aromatic N) is 2. The number of carbonyl (C=O) groups is 1. The Morgan fingerprint density at radius 2 is 1.96 bits per heavy atom. The van der Waals surface area contributed by atoms with Crippen LogP contribution in [0.5, 0.6) is 5.88 Å². The lowest BCUT2D eigenvalue weighted by Crippen LogP contribution is -2.36. The first-order valence-corrected chi connectivity index (χ1v) is 7.72. The van der Waals surface area contributed by atoms with E-state index >= 15 is 0 Å². The predicted molar refractivity (Wildman–Crippen MR) is 90.3 cm³/mol. The van der Waals surface area contributed by atoms with Crippen LogP contribution in [0.3, 0.4) is 0 Å². The summed E-state index contributed by atoms with van der Waals surface area (Å²) in [4.78, 5) is 18.1. The number of ether oxygens (including phenoxy) is 1. The van der Waals surface area contributed by atoms with Crippen molar-refractivity contribution in [3.8, 4) is 5.88 Å². The molecule has 2 aromatic rings. The summed E-state index contributed by atoms with van der Waals surface area (Å²) in [7, 11) is 1.79. The molecule has 0 unspecified atom stereocenters. The molecule has 1 N–H and O–H groups in total. The van der Waals surface area contributed by atoms with Crippen LogP contribution in [0.2, 0.25) is 0 Å². The van der Waals surface area contributed by atoms with E-state index in [4.69, 9.17) is 4.74 Å². The van der Waals surface area contributed by atoms with Crippen molar-refractivity contribution in [3.63, 3.8) is 0 Å². The van der Waals surface area contributed by atoms with Gasteiger partial charge in [0.15, 0.2) is 0 Å². The maximum absolute atomic E-state index is 12.3. The van der Waals surface area contributed by atoms with E-state index in [0.717, 1.165) is 11.1 Å². The molecule has 0 bridgehead atoms. The highest BCUT2D eigenvalue weighted by atomic mass is 16.5. The normalized spacial score (nSPS) is 10.2. The predicted octanol–water partition coefficient (Wildman–Crippen LogP) is 3.13. The van der Waals surface area contributed by atoms with Gasteiger partial charge in [-0.3, -0.25) is 0 Å². The number of carbonyl (C=O) groups excluding carboxylic acids is 1. The molecular weight excluding hydrogens is 290 g/mol. The quantitative estimate of drug-likeness (QED) is 0.891. The lowest BCUT2D eigenvalue weighted by atomic mass is 10.1. The Kier molecular flexibility index (Phi) is 5.97. The number of aromatic nitrogens is 1. The number of hydrogen-bond acceptors (Lipinski definition) is 3. The van der Waals surface area contributed by atoms with E-state index in [1.54, 1.807) is 18.1 Å². The monoisotopic (exact) mass is 313 g/mol. The number of rotatable bonds is 6. The van der Waals surface area contributed by atoms with Crippen molar-refractivity contribution in [1.29, 1.82) is 0 Å². The van der Waals surface area contributed by atoms with Crippen molar-refractivity contribution in [3.05, 3.63) is 59.3 Å². The van der Waals surface area contributed by atoms with Gasteiger partial charge in [0.25, 0.3) is 0 Å². The van der Waals surface area contributed by atoms with Crippen LogP contribution in [0, 0.1) is 6.92 Å². The van der Waals surface area contributed by atoms with Crippen LogP contribution in [-0.4, -0.2) is 29.6 Å². The summed E-state index contributed by atoms with van der Waals surface area (Å²) >= 11 is 0. The lowest BCUT2D eigenvalue weighted by molar-refractivity contribution is 0.206. The molecule has 2 rings (SSSR count). The van der Waals surface area contributed by atoms with E-state index in [9.17, 15) is 4.79 Å². The van der Waals surface area contributed by atoms with Gasteiger partial charge in [-0.1, -0.05) is 30.3 Å². The SMILES string of the molecule is CCOc1ncccc1CNC(=O)N(C)Cc1ccccc1C. The minimum atomic E-state index is -0.125. The van der Waals surface area contributed by atoms with E-state index in [1.807, 2.05) is 50.2 Å². The minimum Gasteiger partial charge on any atom is -0.478 e. The van der Waals surface area contributed by atoms with Gasteiger partial charge in [-0.15, -0.1) is 0 Å². The molecule has 23 heavy (non-hydrogen) atoms. The van der Waals surface area contributed by atoms with Gasteiger partial charge in [0.2, 0.25) is 5.88 Å². The Balaban J connectivity index is 1.93. The molecule has 0 saturated carbocycles. The second kappa shape index (κ2) is 8.17. The van der Waals surface area contributed by atoms with Gasteiger partial charge in [-0.25, -0.2) is 9.78 Å². The third kappa shape index (κ3) is 4.71. The topological polar surface area (TPSA) is 54.5 Å². The summed E-state index contributed by atoms with van der Waals surface area (Å²) < 4.78 is 5.47. The molecule has 0 aliphatic rings. The van der Waals surface area contributed by atoms with E-state index in [0.29, 0.717) is 25.6 Å². The molecular formula is C18H23N3O2. The van der Waals surface area contributed by atoms with Gasteiger partial charge < -0.3 is 15.0 Å². The zero-order valence-electron chi connectivity index (χ0n) is 13.9. The summed E-state index contributed by atoms with van der Waals surface area (Å²) in [6, 6.07) is 11.7. The number of benzene rings is 1. The summed E-state index contributed by atoms with van der Waals surface area (Å²) in [5.41, 5.74) is 3.19. The summed E-state index contributed by atoms with van der Waals surface area (Å²) in [5.74, 6) is 0.567. The molecule has 0 saturated heterocycles. The number of amides is 2. The van der Waals surface area contributed by atoms with Crippen LogP contribution in [0.25, 0.3) is 0 Å². The van der Waals surface area contributed by atoms with Gasteiger partial charge in [0.1, 0.15) is 0 Å². The number of hydrogen-bond donors (Lipinski definition) is 1. The van der Waals surface area contributed by atoms with Gasteiger partial charge >= 0.3 is 6.03 Å². The van der Waals surface area contributed by atoms with E-state index in [1.165, 1.54) is 5.56 Å². The lowest BCUT2D eigenvalue weighted by Gasteiger charge is -2.19. The van der Waals surface area contributed by atoms with Crippen LogP contribution in [0.1, 0.15) is 23.6 Å². The van der Waals surface area contributed by atoms with Gasteiger partial charge in [0.05, 0.1) is 6.61 Å². The fourth-order valence-electron chi connectivity index (χ4n) is 2.25. The Morgan fingerprint density at radius 1 is 1.22 bits per heavy atom. The van der Waals surface area contributed by atoms with Gasteiger partial charge in [-0.2, -0.15) is 0 Å². The van der Waals surface area contributed by atoms with E-state index in [-0.39, 0.29) is 6.03 Å². The zero-order valence-corrected chi connectivity index (χ0v) is 13.9. The number of nitrogens with one attached hydrogen (secondary N) is 1. The molecule has 122 valence electrons. The van der Waals surface area contributed by atoms with Crippen molar-refractivity contribution in [2.75, 3.05) is 13.7 Å². The van der Waals surface area contributed by atoms with E-state index in [2.05, 4.69) is 10.3 Å². The molecule has 1 aromatic heterocycles. The zero-order chi connectivity index (χ0) is 16.7. The maximum Gasteiger partial charge on any atom is 0.317 e. The fraction of sp³-hybridized carbons (Fsp3) is 0.333. The average molecular weight is 313 g/mol. The molecule has 0 aliphatic carbocycles. The molecule has 0 aliphatic heterocycles. The third-order valence-corrected chi connectivity index (χ3v) is 3.58. The average Bonchev–Trinajstić information content (AvgIpc) is 2.56. The fourth-order valence-corrected chi connectivity index (χ4v) is 2.25. The number of aryl methyl sites for hydroxylation is 1.